The number of fused-ring (bicyclic) bond motifs is 1. The van der Waals surface area contributed by atoms with Gasteiger partial charge in [-0.05, 0) is 62.2 Å². The third kappa shape index (κ3) is 10.3. The van der Waals surface area contributed by atoms with Gasteiger partial charge in [-0.1, -0.05) is 43.7 Å². The molecule has 5 N–H and O–H groups in total. The van der Waals surface area contributed by atoms with Gasteiger partial charge in [-0.15, -0.1) is 0 Å². The van der Waals surface area contributed by atoms with Crippen molar-refractivity contribution in [3.63, 3.8) is 0 Å². The lowest BCUT2D eigenvalue weighted by atomic mass is 10.0. The molecule has 0 bridgehead atoms. The predicted molar refractivity (Wildman–Crippen MR) is 189 cm³/mol. The number of sulfonamides is 1. The van der Waals surface area contributed by atoms with E-state index in [1.807, 2.05) is 6.92 Å². The Morgan fingerprint density at radius 3 is 2.33 bits per heavy atom. The zero-order valence-electron chi connectivity index (χ0n) is 28.3. The summed E-state index contributed by atoms with van der Waals surface area (Å²) in [4.78, 5) is 40.4. The lowest BCUT2D eigenvalue weighted by molar-refractivity contribution is -0.134. The Morgan fingerprint density at radius 2 is 1.65 bits per heavy atom. The molecular weight excluding hydrogens is 646 g/mol. The Hall–Kier alpha value is -4.46. The van der Waals surface area contributed by atoms with E-state index >= 15 is 0 Å². The minimum Gasteiger partial charge on any atom is -0.488 e. The second-order valence-electron chi connectivity index (χ2n) is 12.6. The molecule has 3 aromatic rings. The fourth-order valence-corrected chi connectivity index (χ4v) is 6.85. The van der Waals surface area contributed by atoms with Crippen molar-refractivity contribution < 1.29 is 32.6 Å². The summed E-state index contributed by atoms with van der Waals surface area (Å²) in [6, 6.07) is 19.8. The molecule has 0 saturated carbocycles. The number of benzene rings is 3. The van der Waals surface area contributed by atoms with E-state index < -0.39 is 22.2 Å². The molecule has 0 saturated heterocycles. The minimum absolute atomic E-state index is 0.0217. The number of carbonyl (C=O) groups excluding carboxylic acids is 3. The summed E-state index contributed by atoms with van der Waals surface area (Å²) in [7, 11) is -2.30. The molecule has 0 spiro atoms. The van der Waals surface area contributed by atoms with Crippen molar-refractivity contribution in [3.05, 3.63) is 78.4 Å². The van der Waals surface area contributed by atoms with Crippen LogP contribution in [0.3, 0.4) is 0 Å². The maximum atomic E-state index is 13.5. The molecule has 4 rings (SSSR count). The van der Waals surface area contributed by atoms with Crippen molar-refractivity contribution in [1.29, 1.82) is 0 Å². The van der Waals surface area contributed by atoms with Crippen molar-refractivity contribution in [2.75, 3.05) is 43.1 Å². The second-order valence-corrected chi connectivity index (χ2v) is 14.6. The maximum Gasteiger partial charge on any atom is 0.242 e. The first kappa shape index (κ1) is 37.4. The lowest BCUT2D eigenvalue weighted by Crippen LogP contribution is -2.48. The zero-order chi connectivity index (χ0) is 35.6. The molecule has 0 unspecified atom stereocenters. The van der Waals surface area contributed by atoms with E-state index in [0.29, 0.717) is 54.1 Å². The minimum atomic E-state index is -3.80. The number of nitrogens with zero attached hydrogens (tertiary/aromatic N) is 2. The van der Waals surface area contributed by atoms with Gasteiger partial charge >= 0.3 is 0 Å². The van der Waals surface area contributed by atoms with Crippen molar-refractivity contribution in [1.82, 2.24) is 9.21 Å². The molecule has 3 atom stereocenters. The molecule has 0 aliphatic carbocycles. The second kappa shape index (κ2) is 17.3. The van der Waals surface area contributed by atoms with E-state index in [1.54, 1.807) is 72.5 Å². The zero-order valence-corrected chi connectivity index (χ0v) is 29.1. The summed E-state index contributed by atoms with van der Waals surface area (Å²) in [6.07, 6.45) is 1.80. The summed E-state index contributed by atoms with van der Waals surface area (Å²) >= 11 is 0. The fraction of sp³-hybridized carbons (Fsp3) is 0.417. The van der Waals surface area contributed by atoms with Crippen LogP contribution >= 0.6 is 0 Å². The number of ether oxygens (including phenoxy) is 1. The highest BCUT2D eigenvalue weighted by molar-refractivity contribution is 7.89. The van der Waals surface area contributed by atoms with Gasteiger partial charge in [-0.2, -0.15) is 4.31 Å². The van der Waals surface area contributed by atoms with Crippen LogP contribution in [-0.2, 0) is 30.8 Å². The number of nitrogens with one attached hydrogen (secondary N) is 2. The molecule has 1 aliphatic heterocycles. The number of nitrogen functional groups attached to an aromatic ring is 1. The largest absolute Gasteiger partial charge is 0.488 e. The Balaban J connectivity index is 1.40. The number of amides is 3. The average Bonchev–Trinajstić information content (AvgIpc) is 3.12. The number of hydrogen-bond acceptors (Lipinski definition) is 8. The van der Waals surface area contributed by atoms with Gasteiger partial charge < -0.3 is 31.1 Å². The van der Waals surface area contributed by atoms with Gasteiger partial charge in [-0.3, -0.25) is 14.4 Å². The SMILES string of the molecule is C[C@@H]1CN([C@@H](C)CO)C(=O)Cc2cc(NC(=O)CCCCCC(=O)Nc3ccccc3N)ccc2O[C@@H]1CN(C)S(=O)(=O)c1ccccc1. The fourth-order valence-electron chi connectivity index (χ4n) is 5.64. The number of aliphatic hydroxyl groups is 1. The number of anilines is 3. The number of para-hydroxylation sites is 2. The number of hydrogen-bond donors (Lipinski definition) is 4. The van der Waals surface area contributed by atoms with Crippen LogP contribution in [0.2, 0.25) is 0 Å². The van der Waals surface area contributed by atoms with Crippen molar-refractivity contribution in [3.8, 4) is 5.75 Å². The molecule has 13 heteroatoms. The predicted octanol–water partition coefficient (Wildman–Crippen LogP) is 4.27. The summed E-state index contributed by atoms with van der Waals surface area (Å²) in [5.41, 5.74) is 7.99. The van der Waals surface area contributed by atoms with Crippen LogP contribution in [0.4, 0.5) is 17.1 Å². The van der Waals surface area contributed by atoms with E-state index in [0.717, 1.165) is 0 Å². The molecule has 1 heterocycles. The van der Waals surface area contributed by atoms with Gasteiger partial charge in [0.05, 0.1) is 41.9 Å². The van der Waals surface area contributed by atoms with E-state index in [-0.39, 0.29) is 61.1 Å². The quantitative estimate of drug-likeness (QED) is 0.143. The lowest BCUT2D eigenvalue weighted by Gasteiger charge is -2.33. The van der Waals surface area contributed by atoms with Gasteiger partial charge in [0.2, 0.25) is 27.7 Å². The molecule has 0 aromatic heterocycles. The van der Waals surface area contributed by atoms with Crippen LogP contribution in [0.1, 0.15) is 51.5 Å². The first-order valence-electron chi connectivity index (χ1n) is 16.5. The normalized spacial score (nSPS) is 17.2. The first-order valence-corrected chi connectivity index (χ1v) is 18.0. The van der Waals surface area contributed by atoms with E-state index in [1.165, 1.54) is 23.5 Å². The third-order valence-electron chi connectivity index (χ3n) is 8.63. The molecule has 3 aromatic carbocycles. The summed E-state index contributed by atoms with van der Waals surface area (Å²) < 4.78 is 34.4. The van der Waals surface area contributed by atoms with Crippen molar-refractivity contribution in [2.45, 2.75) is 69.4 Å². The van der Waals surface area contributed by atoms with Crippen LogP contribution in [0.5, 0.6) is 5.75 Å². The topological polar surface area (TPSA) is 171 Å². The van der Waals surface area contributed by atoms with Crippen molar-refractivity contribution >= 4 is 44.8 Å². The molecule has 12 nitrogen and oxygen atoms in total. The van der Waals surface area contributed by atoms with E-state index in [4.69, 9.17) is 10.5 Å². The third-order valence-corrected chi connectivity index (χ3v) is 10.5. The Labute approximate surface area is 288 Å². The monoisotopic (exact) mass is 693 g/mol. The molecule has 0 radical (unpaired) electrons. The van der Waals surface area contributed by atoms with Gasteiger partial charge in [0.1, 0.15) is 11.9 Å². The maximum absolute atomic E-state index is 13.5. The smallest absolute Gasteiger partial charge is 0.242 e. The standard InChI is InChI=1S/C36H47N5O7S/c1-25-22-41(26(2)24-42)36(45)21-27-20-28(38-34(43)16-8-5-9-17-35(44)39-31-15-11-10-14-30(31)37)18-19-32(27)48-33(25)23-40(3)49(46,47)29-12-6-4-7-13-29/h4,6-7,10-15,18-20,25-26,33,42H,5,8-9,16-17,21-24,37H2,1-3H3,(H,38,43)(H,39,44)/t25-,26+,33-/m1/s1. The highest BCUT2D eigenvalue weighted by Crippen LogP contribution is 2.30. The molecular formula is C36H47N5O7S. The number of rotatable bonds is 14. The Kier molecular flexibility index (Phi) is 13.2. The highest BCUT2D eigenvalue weighted by atomic mass is 32.2. The van der Waals surface area contributed by atoms with Crippen LogP contribution in [0, 0.1) is 5.92 Å². The van der Waals surface area contributed by atoms with Crippen LogP contribution in [-0.4, -0.2) is 79.3 Å². The van der Waals surface area contributed by atoms with Gasteiger partial charge in [0, 0.05) is 43.6 Å². The van der Waals surface area contributed by atoms with Gasteiger partial charge in [-0.25, -0.2) is 8.42 Å². The van der Waals surface area contributed by atoms with Crippen LogP contribution in [0.25, 0.3) is 0 Å². The van der Waals surface area contributed by atoms with E-state index in [2.05, 4.69) is 10.6 Å². The average molecular weight is 694 g/mol. The molecule has 264 valence electrons. The van der Waals surface area contributed by atoms with Crippen molar-refractivity contribution in [2.24, 2.45) is 5.92 Å². The summed E-state index contributed by atoms with van der Waals surface area (Å²) in [5.74, 6) is -0.427. The molecule has 1 aliphatic rings. The summed E-state index contributed by atoms with van der Waals surface area (Å²) in [6.45, 7) is 3.69. The van der Waals surface area contributed by atoms with Crippen LogP contribution < -0.4 is 21.1 Å². The number of carbonyl (C=O) groups is 3. The van der Waals surface area contributed by atoms with E-state index in [9.17, 15) is 27.9 Å². The number of nitrogens with two attached hydrogens (primary N) is 1. The first-order chi connectivity index (χ1) is 23.4. The Morgan fingerprint density at radius 1 is 1.00 bits per heavy atom. The number of likely N-dealkylation sites (N-methyl/N-ethyl adjacent to an activating group) is 1. The van der Waals surface area contributed by atoms with Gasteiger partial charge in [0.25, 0.3) is 0 Å². The number of aliphatic hydroxyl groups excluding tert-OH is 1. The summed E-state index contributed by atoms with van der Waals surface area (Å²) in [5, 5.41) is 15.6. The molecule has 0 fully saturated rings. The van der Waals surface area contributed by atoms with Crippen LogP contribution in [0.15, 0.2) is 77.7 Å². The highest BCUT2D eigenvalue weighted by Gasteiger charge is 2.33. The van der Waals surface area contributed by atoms with Gasteiger partial charge in [0.15, 0.2) is 0 Å². The Bertz CT molecular complexity index is 1700. The number of unbranched alkanes of at least 4 members (excludes halogenated alkanes) is 2. The molecule has 49 heavy (non-hydrogen) atoms. The molecule has 3 amide bonds.